The number of hydrazone groups is 1. The first-order valence-corrected chi connectivity index (χ1v) is 12.0. The standard InChI is InChI=1S/C23H32N8O4S/c1-14(32)28-23-30-17(9-6-15-4-7-16(8-5-15)26-12-13-27-25)20(36-23)21(34)29-18(10-11-19(24)33)22(35)31(2)3/h4-5,7-8,13,18,26H,6,9-12,25H2,1-3H3,(H2,24,33)(H,29,34)(H,28,30,32)/t18-/m0/s1. The van der Waals surface area contributed by atoms with Gasteiger partial charge in [-0.05, 0) is 37.0 Å². The molecule has 2 rings (SSSR count). The predicted octanol–water partition coefficient (Wildman–Crippen LogP) is 0.695. The van der Waals surface area contributed by atoms with Gasteiger partial charge in [-0.25, -0.2) is 4.98 Å². The van der Waals surface area contributed by atoms with Crippen LogP contribution < -0.4 is 27.5 Å². The summed E-state index contributed by atoms with van der Waals surface area (Å²) in [4.78, 5) is 54.5. The second kappa shape index (κ2) is 13.8. The van der Waals surface area contributed by atoms with Crippen molar-refractivity contribution in [1.82, 2.24) is 15.2 Å². The van der Waals surface area contributed by atoms with E-state index in [1.54, 1.807) is 20.3 Å². The lowest BCUT2D eigenvalue weighted by Crippen LogP contribution is -2.46. The smallest absolute Gasteiger partial charge is 0.264 e. The molecule has 4 amide bonds. The lowest BCUT2D eigenvalue weighted by atomic mass is 10.1. The zero-order chi connectivity index (χ0) is 26.7. The normalized spacial score (nSPS) is 11.6. The zero-order valence-electron chi connectivity index (χ0n) is 20.5. The molecule has 0 bridgehead atoms. The van der Waals surface area contributed by atoms with E-state index >= 15 is 0 Å². The summed E-state index contributed by atoms with van der Waals surface area (Å²) in [5.41, 5.74) is 7.66. The fraction of sp³-hybridized carbons (Fsp3) is 0.391. The van der Waals surface area contributed by atoms with Crippen LogP contribution in [0.2, 0.25) is 0 Å². The molecular weight excluding hydrogens is 484 g/mol. The minimum Gasteiger partial charge on any atom is -0.380 e. The van der Waals surface area contributed by atoms with Crippen molar-refractivity contribution in [3.63, 3.8) is 0 Å². The van der Waals surface area contributed by atoms with Gasteiger partial charge < -0.3 is 32.4 Å². The van der Waals surface area contributed by atoms with Crippen molar-refractivity contribution in [3.8, 4) is 0 Å². The number of likely N-dealkylation sites (N-methyl/N-ethyl adjacent to an activating group) is 1. The third kappa shape index (κ3) is 8.98. The van der Waals surface area contributed by atoms with Crippen LogP contribution in [0.4, 0.5) is 10.8 Å². The van der Waals surface area contributed by atoms with Crippen LogP contribution in [0.25, 0.3) is 0 Å². The van der Waals surface area contributed by atoms with Crippen LogP contribution in [0.3, 0.4) is 0 Å². The first-order chi connectivity index (χ1) is 17.1. The lowest BCUT2D eigenvalue weighted by molar-refractivity contribution is -0.131. The molecule has 0 saturated heterocycles. The number of aryl methyl sites for hydroxylation is 2. The number of carbonyl (C=O) groups is 4. The highest BCUT2D eigenvalue weighted by atomic mass is 32.1. The zero-order valence-corrected chi connectivity index (χ0v) is 21.4. The highest BCUT2D eigenvalue weighted by Gasteiger charge is 2.26. The van der Waals surface area contributed by atoms with Gasteiger partial charge in [0.15, 0.2) is 5.13 Å². The summed E-state index contributed by atoms with van der Waals surface area (Å²) < 4.78 is 0. The molecule has 36 heavy (non-hydrogen) atoms. The van der Waals surface area contributed by atoms with Gasteiger partial charge in [-0.2, -0.15) is 5.10 Å². The van der Waals surface area contributed by atoms with Crippen LogP contribution in [-0.2, 0) is 27.2 Å². The summed E-state index contributed by atoms with van der Waals surface area (Å²) in [5, 5.41) is 12.2. The Morgan fingerprint density at radius 2 is 1.86 bits per heavy atom. The van der Waals surface area contributed by atoms with Crippen LogP contribution in [-0.4, -0.2) is 66.4 Å². The Balaban J connectivity index is 2.19. The van der Waals surface area contributed by atoms with Gasteiger partial charge in [-0.3, -0.25) is 19.2 Å². The molecule has 0 spiro atoms. The molecule has 0 saturated carbocycles. The van der Waals surface area contributed by atoms with Gasteiger partial charge in [-0.15, -0.1) is 0 Å². The second-order valence-electron chi connectivity index (χ2n) is 8.15. The van der Waals surface area contributed by atoms with Crippen LogP contribution >= 0.6 is 11.3 Å². The van der Waals surface area contributed by atoms with Gasteiger partial charge in [-0.1, -0.05) is 23.5 Å². The fourth-order valence-electron chi connectivity index (χ4n) is 3.25. The van der Waals surface area contributed by atoms with Crippen LogP contribution in [0.15, 0.2) is 29.4 Å². The number of anilines is 2. The van der Waals surface area contributed by atoms with E-state index in [4.69, 9.17) is 11.6 Å². The van der Waals surface area contributed by atoms with Crippen molar-refractivity contribution in [1.29, 1.82) is 0 Å². The van der Waals surface area contributed by atoms with E-state index in [-0.39, 0.29) is 34.7 Å². The quantitative estimate of drug-likeness (QED) is 0.147. The minimum atomic E-state index is -0.927. The number of nitrogens with two attached hydrogens (primary N) is 2. The molecule has 0 fully saturated rings. The number of carbonyl (C=O) groups excluding carboxylic acids is 4. The summed E-state index contributed by atoms with van der Waals surface area (Å²) in [6, 6.07) is 6.83. The molecule has 1 atom stereocenters. The second-order valence-corrected chi connectivity index (χ2v) is 9.15. The number of rotatable bonds is 13. The minimum absolute atomic E-state index is 0.0545. The van der Waals surface area contributed by atoms with E-state index in [0.717, 1.165) is 22.6 Å². The van der Waals surface area contributed by atoms with Crippen molar-refractivity contribution >= 4 is 52.0 Å². The Hall–Kier alpha value is -4.00. The number of hydrogen-bond donors (Lipinski definition) is 5. The summed E-state index contributed by atoms with van der Waals surface area (Å²) in [7, 11) is 3.12. The van der Waals surface area contributed by atoms with E-state index < -0.39 is 17.9 Å². The van der Waals surface area contributed by atoms with Gasteiger partial charge in [0.05, 0.1) is 12.2 Å². The Kier molecular flexibility index (Phi) is 10.8. The molecule has 1 aromatic carbocycles. The number of amides is 4. The maximum atomic E-state index is 13.2. The van der Waals surface area contributed by atoms with Crippen molar-refractivity contribution in [3.05, 3.63) is 40.4 Å². The van der Waals surface area contributed by atoms with Crippen molar-refractivity contribution in [2.45, 2.75) is 38.6 Å². The predicted molar refractivity (Wildman–Crippen MR) is 140 cm³/mol. The molecular formula is C23H32N8O4S. The number of primary amides is 1. The van der Waals surface area contributed by atoms with Crippen molar-refractivity contribution < 1.29 is 19.2 Å². The monoisotopic (exact) mass is 516 g/mol. The SMILES string of the molecule is CC(=O)Nc1nc(CCc2ccc(NCC=NN)cc2)c(C(=O)N[C@@H](CCC(N)=O)C(=O)N(C)C)s1. The van der Waals surface area contributed by atoms with Crippen molar-refractivity contribution in [2.24, 2.45) is 16.7 Å². The molecule has 0 aliphatic carbocycles. The topological polar surface area (TPSA) is 185 Å². The highest BCUT2D eigenvalue weighted by Crippen LogP contribution is 2.25. The molecule has 7 N–H and O–H groups in total. The molecule has 13 heteroatoms. The summed E-state index contributed by atoms with van der Waals surface area (Å²) >= 11 is 1.03. The average molecular weight is 517 g/mol. The maximum Gasteiger partial charge on any atom is 0.264 e. The first-order valence-electron chi connectivity index (χ1n) is 11.2. The number of aromatic nitrogens is 1. The fourth-order valence-corrected chi connectivity index (χ4v) is 4.21. The largest absolute Gasteiger partial charge is 0.380 e. The molecule has 1 heterocycles. The van der Waals surface area contributed by atoms with Gasteiger partial charge in [0.2, 0.25) is 17.7 Å². The molecule has 0 unspecified atom stereocenters. The van der Waals surface area contributed by atoms with Crippen LogP contribution in [0.5, 0.6) is 0 Å². The highest BCUT2D eigenvalue weighted by molar-refractivity contribution is 7.17. The van der Waals surface area contributed by atoms with E-state index in [9.17, 15) is 19.2 Å². The van der Waals surface area contributed by atoms with Crippen molar-refractivity contribution in [2.75, 3.05) is 31.3 Å². The number of thiazole rings is 1. The average Bonchev–Trinajstić information content (AvgIpc) is 3.22. The van der Waals surface area contributed by atoms with Gasteiger partial charge in [0.25, 0.3) is 5.91 Å². The van der Waals surface area contributed by atoms with Gasteiger partial charge in [0, 0.05) is 39.3 Å². The Labute approximate surface area is 213 Å². The first kappa shape index (κ1) is 28.2. The number of nitrogens with zero attached hydrogens (tertiary/aromatic N) is 3. The molecule has 12 nitrogen and oxygen atoms in total. The molecule has 0 aliphatic heterocycles. The number of hydrogen-bond acceptors (Lipinski definition) is 9. The Morgan fingerprint density at radius 3 is 2.44 bits per heavy atom. The number of benzene rings is 1. The maximum absolute atomic E-state index is 13.2. The van der Waals surface area contributed by atoms with Crippen LogP contribution in [0.1, 0.15) is 40.7 Å². The molecule has 194 valence electrons. The Bertz CT molecular complexity index is 1100. The third-order valence-corrected chi connectivity index (χ3v) is 6.03. The third-order valence-electron chi connectivity index (χ3n) is 5.02. The molecule has 0 aliphatic rings. The summed E-state index contributed by atoms with van der Waals surface area (Å²) in [6.45, 7) is 1.86. The summed E-state index contributed by atoms with van der Waals surface area (Å²) in [6.07, 6.45) is 2.60. The molecule has 2 aromatic rings. The van der Waals surface area contributed by atoms with E-state index in [1.807, 2.05) is 24.3 Å². The van der Waals surface area contributed by atoms with Crippen LogP contribution in [0, 0.1) is 0 Å². The Morgan fingerprint density at radius 1 is 1.17 bits per heavy atom. The lowest BCUT2D eigenvalue weighted by Gasteiger charge is -2.21. The van der Waals surface area contributed by atoms with Gasteiger partial charge >= 0.3 is 0 Å². The molecule has 1 aromatic heterocycles. The number of nitrogens with one attached hydrogen (secondary N) is 3. The van der Waals surface area contributed by atoms with E-state index in [2.05, 4.69) is 26.0 Å². The van der Waals surface area contributed by atoms with E-state index in [0.29, 0.717) is 25.1 Å². The van der Waals surface area contributed by atoms with E-state index in [1.165, 1.54) is 11.8 Å². The van der Waals surface area contributed by atoms with Gasteiger partial charge in [0.1, 0.15) is 10.9 Å². The summed E-state index contributed by atoms with van der Waals surface area (Å²) in [5.74, 6) is 3.34. The molecule has 0 radical (unpaired) electrons.